The average Bonchev–Trinajstić information content (AvgIpc) is 2.99. The first-order chi connectivity index (χ1) is 7.60. The van der Waals surface area contributed by atoms with E-state index in [9.17, 15) is 4.79 Å². The average molecular weight is 239 g/mol. The van der Waals surface area contributed by atoms with Crippen LogP contribution in [0, 0.1) is 5.92 Å². The summed E-state index contributed by atoms with van der Waals surface area (Å²) in [6.45, 7) is 2.44. The molecule has 1 atom stereocenters. The molecule has 1 unspecified atom stereocenters. The lowest BCUT2D eigenvalue weighted by Gasteiger charge is -2.22. The quantitative estimate of drug-likeness (QED) is 0.803. The van der Waals surface area contributed by atoms with Gasteiger partial charge in [0, 0.05) is 24.5 Å². The second-order valence-electron chi connectivity index (χ2n) is 4.49. The molecule has 3 N–H and O–H groups in total. The second-order valence-corrected chi connectivity index (χ2v) is 5.47. The van der Waals surface area contributed by atoms with Crippen LogP contribution in [0.1, 0.15) is 24.8 Å². The summed E-state index contributed by atoms with van der Waals surface area (Å²) in [5.74, 6) is 0.332. The molecule has 1 saturated carbocycles. The fraction of sp³-hybridized carbons (Fsp3) is 0.636. The Hall–Kier alpha value is -0.940. The molecule has 0 aliphatic heterocycles. The molecule has 1 aliphatic carbocycles. The van der Waals surface area contributed by atoms with Crippen LogP contribution in [0.4, 0.5) is 0 Å². The van der Waals surface area contributed by atoms with Gasteiger partial charge >= 0.3 is 0 Å². The van der Waals surface area contributed by atoms with Crippen LogP contribution < -0.4 is 11.1 Å². The predicted molar refractivity (Wildman–Crippen MR) is 64.1 cm³/mol. The van der Waals surface area contributed by atoms with E-state index in [1.165, 1.54) is 0 Å². The Kier molecular flexibility index (Phi) is 3.25. The molecular formula is C11H17N3OS. The summed E-state index contributed by atoms with van der Waals surface area (Å²) in [5.41, 5.74) is 5.31. The number of nitrogens with one attached hydrogen (secondary N) is 1. The minimum absolute atomic E-state index is 0.0356. The number of carbonyl (C=O) groups is 1. The first-order valence-electron chi connectivity index (χ1n) is 5.56. The summed E-state index contributed by atoms with van der Waals surface area (Å²) in [7, 11) is 0. The van der Waals surface area contributed by atoms with E-state index in [-0.39, 0.29) is 5.91 Å². The van der Waals surface area contributed by atoms with Gasteiger partial charge in [-0.25, -0.2) is 4.98 Å². The zero-order valence-electron chi connectivity index (χ0n) is 9.40. The smallest absolute Gasteiger partial charge is 0.240 e. The summed E-state index contributed by atoms with van der Waals surface area (Å²) in [6, 6.07) is 0. The first kappa shape index (κ1) is 11.5. The van der Waals surface area contributed by atoms with E-state index in [0.29, 0.717) is 12.5 Å². The van der Waals surface area contributed by atoms with Gasteiger partial charge in [-0.3, -0.25) is 4.79 Å². The third-order valence-corrected chi connectivity index (χ3v) is 3.86. The van der Waals surface area contributed by atoms with Crippen molar-refractivity contribution < 1.29 is 4.79 Å². The van der Waals surface area contributed by atoms with E-state index in [0.717, 1.165) is 24.3 Å². The monoisotopic (exact) mass is 239 g/mol. The molecule has 1 fully saturated rings. The zero-order valence-corrected chi connectivity index (χ0v) is 10.2. The van der Waals surface area contributed by atoms with Crippen molar-refractivity contribution in [3.63, 3.8) is 0 Å². The fourth-order valence-electron chi connectivity index (χ4n) is 1.72. The van der Waals surface area contributed by atoms with Gasteiger partial charge in [0.2, 0.25) is 5.91 Å². The third-order valence-electron chi connectivity index (χ3n) is 3.02. The number of hydrogen-bond acceptors (Lipinski definition) is 4. The van der Waals surface area contributed by atoms with Gasteiger partial charge in [0.25, 0.3) is 0 Å². The molecule has 0 spiro atoms. The Balaban J connectivity index is 1.75. The van der Waals surface area contributed by atoms with Crippen LogP contribution in [0.5, 0.6) is 0 Å². The highest BCUT2D eigenvalue weighted by atomic mass is 32.1. The summed E-state index contributed by atoms with van der Waals surface area (Å²) in [6.07, 6.45) is 4.71. The minimum atomic E-state index is -0.692. The van der Waals surface area contributed by atoms with Gasteiger partial charge < -0.3 is 11.1 Å². The van der Waals surface area contributed by atoms with E-state index in [4.69, 9.17) is 5.73 Å². The van der Waals surface area contributed by atoms with Crippen molar-refractivity contribution >= 4 is 17.2 Å². The molecule has 16 heavy (non-hydrogen) atoms. The maximum atomic E-state index is 11.8. The molecule has 1 aromatic rings. The minimum Gasteiger partial charge on any atom is -0.354 e. The van der Waals surface area contributed by atoms with Crippen LogP contribution in [0.2, 0.25) is 0 Å². The Morgan fingerprint density at radius 3 is 3.06 bits per heavy atom. The number of amides is 1. The first-order valence-corrected chi connectivity index (χ1v) is 6.44. The summed E-state index contributed by atoms with van der Waals surface area (Å²) >= 11 is 1.61. The largest absolute Gasteiger partial charge is 0.354 e. The molecule has 0 bridgehead atoms. The molecule has 4 nitrogen and oxygen atoms in total. The number of thiazole rings is 1. The number of hydrogen-bond donors (Lipinski definition) is 2. The molecular weight excluding hydrogens is 222 g/mol. The van der Waals surface area contributed by atoms with Crippen LogP contribution in [-0.4, -0.2) is 23.0 Å². The second kappa shape index (κ2) is 4.51. The SMILES string of the molecule is CC(N)(C(=O)NCCc1nccs1)C1CC1. The lowest BCUT2D eigenvalue weighted by Crippen LogP contribution is -2.53. The van der Waals surface area contributed by atoms with E-state index in [1.54, 1.807) is 17.5 Å². The number of rotatable bonds is 5. The highest BCUT2D eigenvalue weighted by molar-refractivity contribution is 7.09. The van der Waals surface area contributed by atoms with Crippen LogP contribution in [-0.2, 0) is 11.2 Å². The standard InChI is InChI=1S/C11H17N3OS/c1-11(12,8-2-3-8)10(15)14-5-4-9-13-6-7-16-9/h6-8H,2-5,12H2,1H3,(H,14,15). The van der Waals surface area contributed by atoms with Crippen molar-refractivity contribution in [2.75, 3.05) is 6.54 Å². The van der Waals surface area contributed by atoms with Gasteiger partial charge in [0.15, 0.2) is 0 Å². The Morgan fingerprint density at radius 1 is 1.75 bits per heavy atom. The lowest BCUT2D eigenvalue weighted by atomic mass is 9.96. The Bertz CT molecular complexity index is 357. The highest BCUT2D eigenvalue weighted by Gasteiger charge is 2.43. The Morgan fingerprint density at radius 2 is 2.50 bits per heavy atom. The van der Waals surface area contributed by atoms with Crippen LogP contribution >= 0.6 is 11.3 Å². The van der Waals surface area contributed by atoms with E-state index >= 15 is 0 Å². The van der Waals surface area contributed by atoms with Gasteiger partial charge in [0.1, 0.15) is 0 Å². The maximum Gasteiger partial charge on any atom is 0.240 e. The zero-order chi connectivity index (χ0) is 11.6. The van der Waals surface area contributed by atoms with E-state index in [2.05, 4.69) is 10.3 Å². The molecule has 1 amide bonds. The van der Waals surface area contributed by atoms with Crippen LogP contribution in [0.15, 0.2) is 11.6 Å². The molecule has 0 saturated heterocycles. The van der Waals surface area contributed by atoms with E-state index < -0.39 is 5.54 Å². The van der Waals surface area contributed by atoms with Gasteiger partial charge in [-0.05, 0) is 25.7 Å². The molecule has 1 heterocycles. The fourth-order valence-corrected chi connectivity index (χ4v) is 2.34. The molecule has 1 aromatic heterocycles. The summed E-state index contributed by atoms with van der Waals surface area (Å²) in [4.78, 5) is 16.0. The number of carbonyl (C=O) groups excluding carboxylic acids is 1. The van der Waals surface area contributed by atoms with Crippen LogP contribution in [0.25, 0.3) is 0 Å². The van der Waals surface area contributed by atoms with E-state index in [1.807, 2.05) is 12.3 Å². The van der Waals surface area contributed by atoms with Gasteiger partial charge in [-0.2, -0.15) is 0 Å². The van der Waals surface area contributed by atoms with Gasteiger partial charge in [-0.1, -0.05) is 0 Å². The van der Waals surface area contributed by atoms with Crippen molar-refractivity contribution in [1.29, 1.82) is 0 Å². The van der Waals surface area contributed by atoms with Crippen molar-refractivity contribution in [3.8, 4) is 0 Å². The summed E-state index contributed by atoms with van der Waals surface area (Å²) < 4.78 is 0. The Labute approximate surface area is 99.3 Å². The third kappa shape index (κ3) is 2.59. The number of nitrogens with two attached hydrogens (primary N) is 1. The molecule has 88 valence electrons. The predicted octanol–water partition coefficient (Wildman–Crippen LogP) is 0.929. The maximum absolute atomic E-state index is 11.8. The summed E-state index contributed by atoms with van der Waals surface area (Å²) in [5, 5.41) is 5.87. The van der Waals surface area contributed by atoms with Gasteiger partial charge in [-0.15, -0.1) is 11.3 Å². The van der Waals surface area contributed by atoms with Crippen molar-refractivity contribution in [1.82, 2.24) is 10.3 Å². The molecule has 0 radical (unpaired) electrons. The van der Waals surface area contributed by atoms with Crippen molar-refractivity contribution in [3.05, 3.63) is 16.6 Å². The number of aromatic nitrogens is 1. The molecule has 0 aromatic carbocycles. The van der Waals surface area contributed by atoms with Crippen LogP contribution in [0.3, 0.4) is 0 Å². The molecule has 5 heteroatoms. The van der Waals surface area contributed by atoms with Crippen molar-refractivity contribution in [2.45, 2.75) is 31.7 Å². The lowest BCUT2D eigenvalue weighted by molar-refractivity contribution is -0.126. The normalized spacial score (nSPS) is 19.1. The topological polar surface area (TPSA) is 68.0 Å². The molecule has 2 rings (SSSR count). The molecule has 1 aliphatic rings. The highest BCUT2D eigenvalue weighted by Crippen LogP contribution is 2.38. The number of nitrogens with zero attached hydrogens (tertiary/aromatic N) is 1. The van der Waals surface area contributed by atoms with Crippen molar-refractivity contribution in [2.24, 2.45) is 11.7 Å². The van der Waals surface area contributed by atoms with Gasteiger partial charge in [0.05, 0.1) is 10.5 Å².